The number of halogens is 1. The summed E-state index contributed by atoms with van der Waals surface area (Å²) in [4.78, 5) is 11.7. The summed E-state index contributed by atoms with van der Waals surface area (Å²) in [5.74, 6) is -0.136. The first-order chi connectivity index (χ1) is 8.52. The molecule has 0 aliphatic rings. The Hall–Kier alpha value is -1.42. The van der Waals surface area contributed by atoms with Crippen LogP contribution in [0.1, 0.15) is 31.7 Å². The van der Waals surface area contributed by atoms with E-state index in [0.717, 1.165) is 5.56 Å². The van der Waals surface area contributed by atoms with Gasteiger partial charge in [-0.2, -0.15) is 0 Å². The van der Waals surface area contributed by atoms with Gasteiger partial charge in [-0.3, -0.25) is 4.79 Å². The number of hydrogen-bond acceptors (Lipinski definition) is 2. The van der Waals surface area contributed by atoms with Crippen molar-refractivity contribution in [3.63, 3.8) is 0 Å². The molecule has 0 bridgehead atoms. The van der Waals surface area contributed by atoms with Gasteiger partial charge >= 0.3 is 0 Å². The number of carbonyl (C=O) groups is 1. The summed E-state index contributed by atoms with van der Waals surface area (Å²) in [6.07, 6.45) is 0.419. The minimum atomic E-state index is -0.252. The Morgan fingerprint density at radius 3 is 2.44 bits per heavy atom. The van der Waals surface area contributed by atoms with E-state index in [-0.39, 0.29) is 23.7 Å². The molecule has 18 heavy (non-hydrogen) atoms. The van der Waals surface area contributed by atoms with Crippen LogP contribution in [0.15, 0.2) is 24.3 Å². The molecule has 0 aromatic heterocycles. The summed E-state index contributed by atoms with van der Waals surface area (Å²) in [7, 11) is 1.86. The molecule has 0 aliphatic carbocycles. The van der Waals surface area contributed by atoms with Crippen molar-refractivity contribution in [2.24, 2.45) is 0 Å². The molecule has 0 aliphatic heterocycles. The third-order valence-corrected chi connectivity index (χ3v) is 3.03. The standard InChI is InChI=1S/C14H21FN2O/c1-10(12-4-6-13(15)7-5-12)8-14(18)17-9-11(2)16-3/h4-7,10-11,16H,8-9H2,1-3H3,(H,17,18). The van der Waals surface area contributed by atoms with E-state index in [0.29, 0.717) is 13.0 Å². The Bertz CT molecular complexity index is 378. The molecule has 3 nitrogen and oxygen atoms in total. The van der Waals surface area contributed by atoms with E-state index in [2.05, 4.69) is 10.6 Å². The van der Waals surface area contributed by atoms with Gasteiger partial charge in [0.1, 0.15) is 5.82 Å². The summed E-state index contributed by atoms with van der Waals surface area (Å²) in [6.45, 7) is 4.59. The third kappa shape index (κ3) is 4.84. The second kappa shape index (κ2) is 7.11. The van der Waals surface area contributed by atoms with Crippen LogP contribution in [0.2, 0.25) is 0 Å². The van der Waals surface area contributed by atoms with Gasteiger partial charge in [0.05, 0.1) is 0 Å². The Balaban J connectivity index is 2.42. The monoisotopic (exact) mass is 252 g/mol. The zero-order chi connectivity index (χ0) is 13.5. The van der Waals surface area contributed by atoms with E-state index in [1.807, 2.05) is 20.9 Å². The first kappa shape index (κ1) is 14.6. The molecule has 1 amide bonds. The van der Waals surface area contributed by atoms with Gasteiger partial charge in [-0.05, 0) is 37.6 Å². The quantitative estimate of drug-likeness (QED) is 0.813. The van der Waals surface area contributed by atoms with Crippen LogP contribution < -0.4 is 10.6 Å². The highest BCUT2D eigenvalue weighted by molar-refractivity contribution is 5.76. The lowest BCUT2D eigenvalue weighted by atomic mass is 9.97. The topological polar surface area (TPSA) is 41.1 Å². The highest BCUT2D eigenvalue weighted by Crippen LogP contribution is 2.18. The Morgan fingerprint density at radius 1 is 1.28 bits per heavy atom. The summed E-state index contributed by atoms with van der Waals surface area (Å²) in [5, 5.41) is 5.93. The van der Waals surface area contributed by atoms with Crippen LogP contribution in [-0.2, 0) is 4.79 Å². The highest BCUT2D eigenvalue weighted by Gasteiger charge is 2.11. The summed E-state index contributed by atoms with van der Waals surface area (Å²) >= 11 is 0. The second-order valence-electron chi connectivity index (χ2n) is 4.65. The molecule has 0 saturated carbocycles. The van der Waals surface area contributed by atoms with E-state index in [1.165, 1.54) is 12.1 Å². The molecular weight excluding hydrogens is 231 g/mol. The summed E-state index contributed by atoms with van der Waals surface area (Å²) in [5.41, 5.74) is 0.980. The van der Waals surface area contributed by atoms with E-state index in [9.17, 15) is 9.18 Å². The molecular formula is C14H21FN2O. The van der Waals surface area contributed by atoms with E-state index < -0.39 is 0 Å². The number of likely N-dealkylation sites (N-methyl/N-ethyl adjacent to an activating group) is 1. The van der Waals surface area contributed by atoms with Crippen molar-refractivity contribution in [2.45, 2.75) is 32.2 Å². The first-order valence-corrected chi connectivity index (χ1v) is 6.22. The largest absolute Gasteiger partial charge is 0.355 e. The number of hydrogen-bond donors (Lipinski definition) is 2. The molecule has 2 N–H and O–H groups in total. The fourth-order valence-corrected chi connectivity index (χ4v) is 1.63. The summed E-state index contributed by atoms with van der Waals surface area (Å²) < 4.78 is 12.8. The predicted molar refractivity (Wildman–Crippen MR) is 71.0 cm³/mol. The van der Waals surface area contributed by atoms with Gasteiger partial charge in [-0.1, -0.05) is 19.1 Å². The van der Waals surface area contributed by atoms with Crippen LogP contribution in [0, 0.1) is 5.82 Å². The van der Waals surface area contributed by atoms with Crippen molar-refractivity contribution in [1.29, 1.82) is 0 Å². The third-order valence-electron chi connectivity index (χ3n) is 3.03. The average molecular weight is 252 g/mol. The number of amides is 1. The zero-order valence-corrected chi connectivity index (χ0v) is 11.2. The van der Waals surface area contributed by atoms with Crippen LogP contribution in [-0.4, -0.2) is 25.5 Å². The fourth-order valence-electron chi connectivity index (χ4n) is 1.63. The van der Waals surface area contributed by atoms with Crippen molar-refractivity contribution in [1.82, 2.24) is 10.6 Å². The SMILES string of the molecule is CNC(C)CNC(=O)CC(C)c1ccc(F)cc1. The van der Waals surface area contributed by atoms with Crippen LogP contribution >= 0.6 is 0 Å². The van der Waals surface area contributed by atoms with Gasteiger partial charge in [0.15, 0.2) is 0 Å². The molecule has 4 heteroatoms. The smallest absolute Gasteiger partial charge is 0.220 e. The van der Waals surface area contributed by atoms with Gasteiger partial charge in [0, 0.05) is 19.0 Å². The predicted octanol–water partition coefficient (Wildman–Crippen LogP) is 2.04. The molecule has 0 saturated heterocycles. The van der Waals surface area contributed by atoms with E-state index in [1.54, 1.807) is 12.1 Å². The van der Waals surface area contributed by atoms with Gasteiger partial charge in [-0.25, -0.2) is 4.39 Å². The van der Waals surface area contributed by atoms with Gasteiger partial charge in [0.2, 0.25) is 5.91 Å². The lowest BCUT2D eigenvalue weighted by Gasteiger charge is -2.14. The van der Waals surface area contributed by atoms with Crippen LogP contribution in [0.25, 0.3) is 0 Å². The molecule has 0 fully saturated rings. The van der Waals surface area contributed by atoms with Crippen molar-refractivity contribution >= 4 is 5.91 Å². The maximum absolute atomic E-state index is 12.8. The summed E-state index contributed by atoms with van der Waals surface area (Å²) in [6, 6.07) is 6.56. The molecule has 0 heterocycles. The van der Waals surface area contributed by atoms with E-state index >= 15 is 0 Å². The molecule has 1 aromatic carbocycles. The minimum absolute atomic E-state index is 0.0222. The Morgan fingerprint density at radius 2 is 1.89 bits per heavy atom. The van der Waals surface area contributed by atoms with E-state index in [4.69, 9.17) is 0 Å². The van der Waals surface area contributed by atoms with Crippen molar-refractivity contribution in [2.75, 3.05) is 13.6 Å². The van der Waals surface area contributed by atoms with Gasteiger partial charge in [0.25, 0.3) is 0 Å². The Labute approximate surface area is 108 Å². The zero-order valence-electron chi connectivity index (χ0n) is 11.2. The molecule has 0 spiro atoms. The average Bonchev–Trinajstić information content (AvgIpc) is 2.36. The lowest BCUT2D eigenvalue weighted by molar-refractivity contribution is -0.121. The molecule has 0 radical (unpaired) electrons. The number of nitrogens with one attached hydrogen (secondary N) is 2. The first-order valence-electron chi connectivity index (χ1n) is 6.22. The second-order valence-corrected chi connectivity index (χ2v) is 4.65. The lowest BCUT2D eigenvalue weighted by Crippen LogP contribution is -2.37. The number of rotatable bonds is 6. The van der Waals surface area contributed by atoms with Crippen molar-refractivity contribution in [3.8, 4) is 0 Å². The minimum Gasteiger partial charge on any atom is -0.355 e. The highest BCUT2D eigenvalue weighted by atomic mass is 19.1. The maximum atomic E-state index is 12.8. The van der Waals surface area contributed by atoms with Crippen molar-refractivity contribution < 1.29 is 9.18 Å². The maximum Gasteiger partial charge on any atom is 0.220 e. The van der Waals surface area contributed by atoms with Crippen LogP contribution in [0.4, 0.5) is 4.39 Å². The van der Waals surface area contributed by atoms with Crippen LogP contribution in [0.5, 0.6) is 0 Å². The Kier molecular flexibility index (Phi) is 5.78. The number of benzene rings is 1. The molecule has 1 rings (SSSR count). The normalized spacial score (nSPS) is 14.0. The number of carbonyl (C=O) groups excluding carboxylic acids is 1. The molecule has 2 unspecified atom stereocenters. The molecule has 1 aromatic rings. The fraction of sp³-hybridized carbons (Fsp3) is 0.500. The van der Waals surface area contributed by atoms with Crippen molar-refractivity contribution in [3.05, 3.63) is 35.6 Å². The van der Waals surface area contributed by atoms with Crippen LogP contribution in [0.3, 0.4) is 0 Å². The molecule has 100 valence electrons. The van der Waals surface area contributed by atoms with Gasteiger partial charge in [-0.15, -0.1) is 0 Å². The molecule has 2 atom stereocenters. The van der Waals surface area contributed by atoms with Gasteiger partial charge < -0.3 is 10.6 Å².